The number of hydrogen-bond acceptors (Lipinski definition) is 2. The van der Waals surface area contributed by atoms with Crippen LogP contribution < -0.4 is 5.32 Å². The highest BCUT2D eigenvalue weighted by molar-refractivity contribution is 5.96. The first-order valence-electron chi connectivity index (χ1n) is 7.61. The van der Waals surface area contributed by atoms with Gasteiger partial charge in [-0.05, 0) is 29.8 Å². The summed E-state index contributed by atoms with van der Waals surface area (Å²) < 4.78 is 51.8. The van der Waals surface area contributed by atoms with Gasteiger partial charge in [0.25, 0.3) is 5.91 Å². The molecule has 0 spiro atoms. The molecule has 0 aliphatic rings. The molecule has 0 atom stereocenters. The van der Waals surface area contributed by atoms with Crippen LogP contribution in [0.25, 0.3) is 0 Å². The van der Waals surface area contributed by atoms with E-state index < -0.39 is 35.9 Å². The molecule has 2 aromatic rings. The molecule has 0 bridgehead atoms. The van der Waals surface area contributed by atoms with Crippen molar-refractivity contribution in [2.45, 2.75) is 12.7 Å². The summed E-state index contributed by atoms with van der Waals surface area (Å²) in [5.41, 5.74) is -1.02. The zero-order valence-electron chi connectivity index (χ0n) is 13.8. The standard InChI is InChI=1S/C18H16F4N2O2/c1-24(17(26)12-5-3-2-4-6-12)11-16(25)23-10-13-7-8-14(19)9-15(13)18(20,21)22/h2-9H,10-11H2,1H3,(H,23,25). The maximum absolute atomic E-state index is 13.1. The van der Waals surface area contributed by atoms with E-state index in [1.165, 1.54) is 7.05 Å². The van der Waals surface area contributed by atoms with E-state index in [9.17, 15) is 27.2 Å². The van der Waals surface area contributed by atoms with Gasteiger partial charge in [-0.2, -0.15) is 13.2 Å². The number of benzene rings is 2. The van der Waals surface area contributed by atoms with Crippen LogP contribution in [0.1, 0.15) is 21.5 Å². The molecule has 0 aromatic heterocycles. The van der Waals surface area contributed by atoms with E-state index in [0.29, 0.717) is 11.6 Å². The van der Waals surface area contributed by atoms with E-state index in [-0.39, 0.29) is 12.1 Å². The lowest BCUT2D eigenvalue weighted by molar-refractivity contribution is -0.138. The molecule has 0 fully saturated rings. The quantitative estimate of drug-likeness (QED) is 0.824. The molecule has 0 radical (unpaired) electrons. The van der Waals surface area contributed by atoms with Gasteiger partial charge in [-0.15, -0.1) is 0 Å². The SMILES string of the molecule is CN(CC(=O)NCc1ccc(F)cc1C(F)(F)F)C(=O)c1ccccc1. The second-order valence-corrected chi connectivity index (χ2v) is 5.60. The third-order valence-corrected chi connectivity index (χ3v) is 3.60. The van der Waals surface area contributed by atoms with E-state index in [1.54, 1.807) is 30.3 Å². The monoisotopic (exact) mass is 368 g/mol. The summed E-state index contributed by atoms with van der Waals surface area (Å²) in [4.78, 5) is 25.2. The van der Waals surface area contributed by atoms with E-state index in [2.05, 4.69) is 5.32 Å². The maximum atomic E-state index is 13.1. The highest BCUT2D eigenvalue weighted by Crippen LogP contribution is 2.32. The van der Waals surface area contributed by atoms with Crippen molar-refractivity contribution >= 4 is 11.8 Å². The maximum Gasteiger partial charge on any atom is 0.416 e. The number of alkyl halides is 3. The minimum atomic E-state index is -4.73. The number of carbonyl (C=O) groups is 2. The third kappa shape index (κ3) is 5.05. The zero-order chi connectivity index (χ0) is 19.3. The van der Waals surface area contributed by atoms with Crippen LogP contribution in [-0.2, 0) is 17.5 Å². The molecule has 0 heterocycles. The number of nitrogens with one attached hydrogen (secondary N) is 1. The van der Waals surface area contributed by atoms with Crippen molar-refractivity contribution in [3.05, 3.63) is 71.0 Å². The number of likely N-dealkylation sites (N-methyl/N-ethyl adjacent to an activating group) is 1. The first-order valence-corrected chi connectivity index (χ1v) is 7.61. The van der Waals surface area contributed by atoms with Crippen LogP contribution in [0, 0.1) is 5.82 Å². The number of carbonyl (C=O) groups excluding carboxylic acids is 2. The normalized spacial score (nSPS) is 11.1. The van der Waals surface area contributed by atoms with Crippen molar-refractivity contribution in [3.63, 3.8) is 0 Å². The highest BCUT2D eigenvalue weighted by Gasteiger charge is 2.33. The van der Waals surface area contributed by atoms with Crippen LogP contribution in [0.15, 0.2) is 48.5 Å². The molecule has 2 rings (SSSR count). The van der Waals surface area contributed by atoms with Crippen molar-refractivity contribution in [1.29, 1.82) is 0 Å². The summed E-state index contributed by atoms with van der Waals surface area (Å²) in [5, 5.41) is 2.31. The fourth-order valence-electron chi connectivity index (χ4n) is 2.30. The number of amides is 2. The van der Waals surface area contributed by atoms with Gasteiger partial charge in [0, 0.05) is 19.2 Å². The summed E-state index contributed by atoms with van der Waals surface area (Å²) >= 11 is 0. The second kappa shape index (κ2) is 7.99. The summed E-state index contributed by atoms with van der Waals surface area (Å²) in [7, 11) is 1.41. The first kappa shape index (κ1) is 19.4. The highest BCUT2D eigenvalue weighted by atomic mass is 19.4. The van der Waals surface area contributed by atoms with Crippen LogP contribution in [0.4, 0.5) is 17.6 Å². The molecule has 138 valence electrons. The van der Waals surface area contributed by atoms with Crippen LogP contribution in [0.5, 0.6) is 0 Å². The topological polar surface area (TPSA) is 49.4 Å². The van der Waals surface area contributed by atoms with Crippen LogP contribution >= 0.6 is 0 Å². The Hall–Kier alpha value is -2.90. The van der Waals surface area contributed by atoms with E-state index in [0.717, 1.165) is 17.0 Å². The molecule has 0 saturated carbocycles. The number of rotatable bonds is 5. The van der Waals surface area contributed by atoms with Gasteiger partial charge in [-0.25, -0.2) is 4.39 Å². The molecule has 0 saturated heterocycles. The fraction of sp³-hybridized carbons (Fsp3) is 0.222. The molecule has 0 aliphatic heterocycles. The smallest absolute Gasteiger partial charge is 0.350 e. The molecule has 1 N–H and O–H groups in total. The van der Waals surface area contributed by atoms with Crippen LogP contribution in [0.2, 0.25) is 0 Å². The summed E-state index contributed by atoms with van der Waals surface area (Å²) in [6.07, 6.45) is -4.73. The van der Waals surface area contributed by atoms with E-state index in [1.807, 2.05) is 0 Å². The minimum Gasteiger partial charge on any atom is -0.350 e. The molecular formula is C18H16F4N2O2. The Balaban J connectivity index is 1.98. The molecule has 26 heavy (non-hydrogen) atoms. The predicted octanol–water partition coefficient (Wildman–Crippen LogP) is 3.23. The summed E-state index contributed by atoms with van der Waals surface area (Å²) in [6.45, 7) is -0.752. The van der Waals surface area contributed by atoms with Gasteiger partial charge in [0.05, 0.1) is 12.1 Å². The average molecular weight is 368 g/mol. The average Bonchev–Trinajstić information content (AvgIpc) is 2.60. The summed E-state index contributed by atoms with van der Waals surface area (Å²) in [5.74, 6) is -2.03. The van der Waals surface area contributed by atoms with E-state index >= 15 is 0 Å². The molecule has 0 aliphatic carbocycles. The Morgan fingerprint density at radius 1 is 1.08 bits per heavy atom. The molecule has 2 aromatic carbocycles. The van der Waals surface area contributed by atoms with Crippen molar-refractivity contribution in [3.8, 4) is 0 Å². The van der Waals surface area contributed by atoms with Gasteiger partial charge >= 0.3 is 6.18 Å². The van der Waals surface area contributed by atoms with Crippen molar-refractivity contribution in [2.75, 3.05) is 13.6 Å². The number of halogens is 4. The number of hydrogen-bond donors (Lipinski definition) is 1. The number of nitrogens with zero attached hydrogens (tertiary/aromatic N) is 1. The molecule has 4 nitrogen and oxygen atoms in total. The third-order valence-electron chi connectivity index (χ3n) is 3.60. The predicted molar refractivity (Wildman–Crippen MR) is 86.7 cm³/mol. The van der Waals surface area contributed by atoms with Gasteiger partial charge in [-0.3, -0.25) is 9.59 Å². The van der Waals surface area contributed by atoms with Gasteiger partial charge in [0.2, 0.25) is 5.91 Å². The van der Waals surface area contributed by atoms with Gasteiger partial charge in [0.1, 0.15) is 5.82 Å². The Morgan fingerprint density at radius 2 is 1.73 bits per heavy atom. The first-order chi connectivity index (χ1) is 12.2. The Morgan fingerprint density at radius 3 is 2.35 bits per heavy atom. The minimum absolute atomic E-state index is 0.260. The molecular weight excluding hydrogens is 352 g/mol. The van der Waals surface area contributed by atoms with Crippen molar-refractivity contribution in [1.82, 2.24) is 10.2 Å². The van der Waals surface area contributed by atoms with Gasteiger partial charge in [0.15, 0.2) is 0 Å². The Labute approximate surface area is 147 Å². The Bertz CT molecular complexity index is 792. The summed E-state index contributed by atoms with van der Waals surface area (Å²) in [6, 6.07) is 10.5. The molecule has 8 heteroatoms. The van der Waals surface area contributed by atoms with Gasteiger partial charge < -0.3 is 10.2 Å². The van der Waals surface area contributed by atoms with Crippen LogP contribution in [0.3, 0.4) is 0 Å². The zero-order valence-corrected chi connectivity index (χ0v) is 13.8. The second-order valence-electron chi connectivity index (χ2n) is 5.60. The lowest BCUT2D eigenvalue weighted by Gasteiger charge is -2.18. The van der Waals surface area contributed by atoms with Crippen LogP contribution in [-0.4, -0.2) is 30.3 Å². The van der Waals surface area contributed by atoms with Crippen molar-refractivity contribution < 1.29 is 27.2 Å². The van der Waals surface area contributed by atoms with Crippen molar-refractivity contribution in [2.24, 2.45) is 0 Å². The lowest BCUT2D eigenvalue weighted by atomic mass is 10.1. The molecule has 2 amide bonds. The Kier molecular flexibility index (Phi) is 5.97. The largest absolute Gasteiger partial charge is 0.416 e. The fourth-order valence-corrected chi connectivity index (χ4v) is 2.30. The van der Waals surface area contributed by atoms with Gasteiger partial charge in [-0.1, -0.05) is 24.3 Å². The van der Waals surface area contributed by atoms with E-state index in [4.69, 9.17) is 0 Å². The molecule has 0 unspecified atom stereocenters. The lowest BCUT2D eigenvalue weighted by Crippen LogP contribution is -2.38.